The third kappa shape index (κ3) is 3.98. The molecule has 4 aliphatic heterocycles. The molecule has 0 aromatic carbocycles. The van der Waals surface area contributed by atoms with Crippen LogP contribution in [0.5, 0.6) is 0 Å². The molecular formula is C18H29ClN4OS. The Balaban J connectivity index is 1.45. The third-order valence-electron chi connectivity index (χ3n) is 5.93. The number of nitrogens with zero attached hydrogens (tertiary/aromatic N) is 4. The maximum absolute atomic E-state index is 6.42. The van der Waals surface area contributed by atoms with Gasteiger partial charge in [0.15, 0.2) is 5.13 Å². The van der Waals surface area contributed by atoms with E-state index in [0.29, 0.717) is 11.2 Å². The van der Waals surface area contributed by atoms with Crippen molar-refractivity contribution in [3.63, 3.8) is 0 Å². The van der Waals surface area contributed by atoms with E-state index in [2.05, 4.69) is 14.8 Å². The topological polar surface area (TPSA) is 31.8 Å². The van der Waals surface area contributed by atoms with Gasteiger partial charge in [0.05, 0.1) is 4.88 Å². The summed E-state index contributed by atoms with van der Waals surface area (Å²) in [7, 11) is 4.05. The predicted molar refractivity (Wildman–Crippen MR) is 104 cm³/mol. The molecule has 5 heterocycles. The lowest BCUT2D eigenvalue weighted by molar-refractivity contribution is 0.0308. The number of ether oxygens (including phenoxy) is 1. The largest absolute Gasteiger partial charge is 0.381 e. The van der Waals surface area contributed by atoms with E-state index in [4.69, 9.17) is 16.3 Å². The van der Waals surface area contributed by atoms with Crippen molar-refractivity contribution in [1.29, 1.82) is 0 Å². The standard InChI is InChI=1S/C18H29ClN4OS/c1-21(2)18-20-17(19)16(25-18)12-23-10-13-3-4-15(23)11-22(9-13)14-5-7-24-8-6-14/h13-15H,3-12H2,1-2H3/t13-,15+/m0/s1. The van der Waals surface area contributed by atoms with Crippen LogP contribution in [0.1, 0.15) is 30.6 Å². The van der Waals surface area contributed by atoms with E-state index in [9.17, 15) is 0 Å². The number of fused-ring (bicyclic) bond motifs is 4. The second-order valence-electron chi connectivity index (χ2n) is 7.93. The molecule has 140 valence electrons. The Kier molecular flexibility index (Phi) is 5.53. The zero-order chi connectivity index (χ0) is 17.4. The van der Waals surface area contributed by atoms with Gasteiger partial charge in [-0.3, -0.25) is 9.80 Å². The third-order valence-corrected chi connectivity index (χ3v) is 7.56. The Morgan fingerprint density at radius 1 is 1.12 bits per heavy atom. The van der Waals surface area contributed by atoms with Gasteiger partial charge in [0.25, 0.3) is 0 Å². The SMILES string of the molecule is CN(C)c1nc(Cl)c(CN2C[C@H]3CC[C@@H]2CN(C2CCOCC2)C3)s1. The second-order valence-corrected chi connectivity index (χ2v) is 9.35. The summed E-state index contributed by atoms with van der Waals surface area (Å²) in [5.41, 5.74) is 0. The van der Waals surface area contributed by atoms with Crippen molar-refractivity contribution in [2.75, 3.05) is 51.8 Å². The van der Waals surface area contributed by atoms with Crippen molar-refractivity contribution in [2.24, 2.45) is 5.92 Å². The molecule has 4 saturated heterocycles. The van der Waals surface area contributed by atoms with Crippen LogP contribution in [0.2, 0.25) is 5.15 Å². The molecule has 1 aromatic rings. The van der Waals surface area contributed by atoms with Gasteiger partial charge in [-0.25, -0.2) is 4.98 Å². The quantitative estimate of drug-likeness (QED) is 0.796. The van der Waals surface area contributed by atoms with Crippen molar-refractivity contribution < 1.29 is 4.74 Å². The molecule has 1 aromatic heterocycles. The monoisotopic (exact) mass is 384 g/mol. The Morgan fingerprint density at radius 2 is 1.92 bits per heavy atom. The average Bonchev–Trinajstić information content (AvgIpc) is 2.79. The number of thiazole rings is 1. The lowest BCUT2D eigenvalue weighted by atomic mass is 9.95. The van der Waals surface area contributed by atoms with Gasteiger partial charge in [-0.15, -0.1) is 0 Å². The minimum Gasteiger partial charge on any atom is -0.381 e. The maximum Gasteiger partial charge on any atom is 0.186 e. The Morgan fingerprint density at radius 3 is 2.64 bits per heavy atom. The van der Waals surface area contributed by atoms with Crippen molar-refractivity contribution in [3.8, 4) is 0 Å². The number of piperidine rings is 1. The molecule has 2 atom stereocenters. The first kappa shape index (κ1) is 18.0. The van der Waals surface area contributed by atoms with Crippen LogP contribution in [-0.4, -0.2) is 73.8 Å². The van der Waals surface area contributed by atoms with Gasteiger partial charge in [-0.2, -0.15) is 0 Å². The van der Waals surface area contributed by atoms with Crippen LogP contribution < -0.4 is 4.90 Å². The molecule has 0 aliphatic carbocycles. The summed E-state index contributed by atoms with van der Waals surface area (Å²) in [5.74, 6) is 0.793. The smallest absolute Gasteiger partial charge is 0.186 e. The summed E-state index contributed by atoms with van der Waals surface area (Å²) in [6.07, 6.45) is 5.10. The molecule has 5 rings (SSSR count). The highest BCUT2D eigenvalue weighted by molar-refractivity contribution is 7.16. The first-order chi connectivity index (χ1) is 12.1. The lowest BCUT2D eigenvalue weighted by Gasteiger charge is -2.36. The number of aromatic nitrogens is 1. The molecule has 0 saturated carbocycles. The fraction of sp³-hybridized carbons (Fsp3) is 0.833. The minimum absolute atomic E-state index is 0.655. The predicted octanol–water partition coefficient (Wildman–Crippen LogP) is 2.94. The average molecular weight is 385 g/mol. The van der Waals surface area contributed by atoms with Crippen LogP contribution in [0.3, 0.4) is 0 Å². The van der Waals surface area contributed by atoms with Crippen molar-refractivity contribution in [2.45, 2.75) is 44.3 Å². The molecule has 0 amide bonds. The fourth-order valence-corrected chi connectivity index (χ4v) is 5.76. The van der Waals surface area contributed by atoms with E-state index in [1.54, 1.807) is 11.3 Å². The van der Waals surface area contributed by atoms with Gasteiger partial charge < -0.3 is 9.64 Å². The van der Waals surface area contributed by atoms with Crippen LogP contribution in [0.15, 0.2) is 0 Å². The highest BCUT2D eigenvalue weighted by atomic mass is 35.5. The van der Waals surface area contributed by atoms with E-state index in [1.165, 1.54) is 50.2 Å². The number of hydrogen-bond donors (Lipinski definition) is 0. The molecule has 4 fully saturated rings. The summed E-state index contributed by atoms with van der Waals surface area (Å²) < 4.78 is 5.56. The van der Waals surface area contributed by atoms with E-state index in [-0.39, 0.29) is 0 Å². The summed E-state index contributed by atoms with van der Waals surface area (Å²) in [4.78, 5) is 13.2. The van der Waals surface area contributed by atoms with Crippen LogP contribution in [0.25, 0.3) is 0 Å². The summed E-state index contributed by atoms with van der Waals surface area (Å²) in [6.45, 7) is 6.49. The molecule has 0 radical (unpaired) electrons. The summed E-state index contributed by atoms with van der Waals surface area (Å²) in [5, 5.41) is 1.69. The van der Waals surface area contributed by atoms with Crippen LogP contribution in [0, 0.1) is 5.92 Å². The number of rotatable bonds is 4. The Hall–Kier alpha value is -0.400. The van der Waals surface area contributed by atoms with E-state index < -0.39 is 0 Å². The maximum atomic E-state index is 6.42. The first-order valence-electron chi connectivity index (χ1n) is 9.48. The number of anilines is 1. The Labute approximate surface area is 159 Å². The minimum atomic E-state index is 0.655. The normalized spacial score (nSPS) is 29.1. The molecule has 0 N–H and O–H groups in total. The van der Waals surface area contributed by atoms with Gasteiger partial charge in [0.1, 0.15) is 5.15 Å². The zero-order valence-corrected chi connectivity index (χ0v) is 16.9. The summed E-state index contributed by atoms with van der Waals surface area (Å²) in [6, 6.07) is 1.38. The van der Waals surface area contributed by atoms with Crippen LogP contribution >= 0.6 is 22.9 Å². The molecule has 25 heavy (non-hydrogen) atoms. The van der Waals surface area contributed by atoms with Crippen molar-refractivity contribution in [1.82, 2.24) is 14.8 Å². The van der Waals surface area contributed by atoms with Crippen LogP contribution in [0.4, 0.5) is 5.13 Å². The first-order valence-corrected chi connectivity index (χ1v) is 10.7. The molecule has 7 heteroatoms. The number of halogens is 1. The molecule has 5 nitrogen and oxygen atoms in total. The van der Waals surface area contributed by atoms with Gasteiger partial charge in [0, 0.05) is 65.6 Å². The Bertz CT molecular complexity index is 590. The van der Waals surface area contributed by atoms with Gasteiger partial charge in [-0.05, 0) is 31.6 Å². The van der Waals surface area contributed by atoms with Gasteiger partial charge >= 0.3 is 0 Å². The molecular weight excluding hydrogens is 356 g/mol. The van der Waals surface area contributed by atoms with E-state index >= 15 is 0 Å². The lowest BCUT2D eigenvalue weighted by Crippen LogP contribution is -2.45. The van der Waals surface area contributed by atoms with E-state index in [1.807, 2.05) is 19.0 Å². The zero-order valence-electron chi connectivity index (χ0n) is 15.3. The van der Waals surface area contributed by atoms with Crippen molar-refractivity contribution >= 4 is 28.1 Å². The van der Waals surface area contributed by atoms with Gasteiger partial charge in [-0.1, -0.05) is 22.9 Å². The molecule has 2 bridgehead atoms. The van der Waals surface area contributed by atoms with Gasteiger partial charge in [0.2, 0.25) is 0 Å². The molecule has 4 aliphatic rings. The highest BCUT2D eigenvalue weighted by Gasteiger charge is 2.37. The number of hydrogen-bond acceptors (Lipinski definition) is 6. The second kappa shape index (κ2) is 7.69. The van der Waals surface area contributed by atoms with Crippen molar-refractivity contribution in [3.05, 3.63) is 10.0 Å². The molecule has 0 unspecified atom stereocenters. The molecule has 0 spiro atoms. The highest BCUT2D eigenvalue weighted by Crippen LogP contribution is 2.35. The summed E-state index contributed by atoms with van der Waals surface area (Å²) >= 11 is 8.16. The fourth-order valence-electron chi connectivity index (χ4n) is 4.55. The van der Waals surface area contributed by atoms with E-state index in [0.717, 1.165) is 36.8 Å². The van der Waals surface area contributed by atoms with Crippen LogP contribution in [-0.2, 0) is 11.3 Å².